The molecule has 1 aliphatic heterocycles. The Kier molecular flexibility index (Phi) is 4.77. The van der Waals surface area contributed by atoms with Gasteiger partial charge >= 0.3 is 0 Å². The van der Waals surface area contributed by atoms with E-state index in [4.69, 9.17) is 16.3 Å². The van der Waals surface area contributed by atoms with Crippen LogP contribution in [0, 0.1) is 11.7 Å². The Hall–Kier alpha value is -0.640. The molecule has 0 aliphatic carbocycles. The van der Waals surface area contributed by atoms with E-state index in [0.717, 1.165) is 19.5 Å². The van der Waals surface area contributed by atoms with Crippen LogP contribution in [0.3, 0.4) is 0 Å². The summed E-state index contributed by atoms with van der Waals surface area (Å²) in [4.78, 5) is 0. The van der Waals surface area contributed by atoms with Crippen molar-refractivity contribution in [3.63, 3.8) is 0 Å². The van der Waals surface area contributed by atoms with Gasteiger partial charge in [-0.3, -0.25) is 0 Å². The van der Waals surface area contributed by atoms with Gasteiger partial charge in [0.2, 0.25) is 0 Å². The minimum Gasteiger partial charge on any atom is -0.377 e. The Labute approximate surface area is 106 Å². The summed E-state index contributed by atoms with van der Waals surface area (Å²) >= 11 is 5.69. The van der Waals surface area contributed by atoms with E-state index in [1.54, 1.807) is 18.2 Å². The molecule has 2 nitrogen and oxygen atoms in total. The molecular formula is C13H17ClFNO. The van der Waals surface area contributed by atoms with Crippen molar-refractivity contribution in [2.24, 2.45) is 5.92 Å². The maximum absolute atomic E-state index is 13.5. The van der Waals surface area contributed by atoms with E-state index in [1.807, 2.05) is 0 Å². The van der Waals surface area contributed by atoms with Crippen LogP contribution in [0.1, 0.15) is 18.4 Å². The third-order valence-electron chi connectivity index (χ3n) is 3.12. The number of ether oxygens (including phenoxy) is 1. The Morgan fingerprint density at radius 2 is 2.35 bits per heavy atom. The van der Waals surface area contributed by atoms with Crippen LogP contribution in [0.4, 0.5) is 4.39 Å². The molecule has 0 radical (unpaired) electrons. The van der Waals surface area contributed by atoms with E-state index in [-0.39, 0.29) is 10.8 Å². The molecule has 1 unspecified atom stereocenters. The lowest BCUT2D eigenvalue weighted by molar-refractivity contribution is 0.107. The van der Waals surface area contributed by atoms with Crippen LogP contribution in [0.5, 0.6) is 0 Å². The van der Waals surface area contributed by atoms with Crippen LogP contribution in [0.2, 0.25) is 5.02 Å². The molecule has 1 atom stereocenters. The number of hydrogen-bond donors (Lipinski definition) is 1. The molecule has 1 aromatic rings. The first kappa shape index (κ1) is 12.8. The Morgan fingerprint density at radius 1 is 1.47 bits per heavy atom. The summed E-state index contributed by atoms with van der Waals surface area (Å²) in [7, 11) is 0. The molecule has 0 bridgehead atoms. The Bertz CT molecular complexity index is 366. The highest BCUT2D eigenvalue weighted by atomic mass is 35.5. The van der Waals surface area contributed by atoms with E-state index < -0.39 is 0 Å². The van der Waals surface area contributed by atoms with Crippen molar-refractivity contribution >= 4 is 11.6 Å². The van der Waals surface area contributed by atoms with Crippen LogP contribution in [-0.4, -0.2) is 19.7 Å². The molecule has 1 fully saturated rings. The topological polar surface area (TPSA) is 21.3 Å². The van der Waals surface area contributed by atoms with Gasteiger partial charge in [0.25, 0.3) is 0 Å². The van der Waals surface area contributed by atoms with Gasteiger partial charge in [-0.15, -0.1) is 0 Å². The molecule has 1 saturated heterocycles. The quantitative estimate of drug-likeness (QED) is 0.819. The van der Waals surface area contributed by atoms with Crippen molar-refractivity contribution in [3.05, 3.63) is 34.6 Å². The third kappa shape index (κ3) is 3.66. The van der Waals surface area contributed by atoms with Crippen LogP contribution >= 0.6 is 11.6 Å². The van der Waals surface area contributed by atoms with Crippen molar-refractivity contribution in [1.29, 1.82) is 0 Å². The van der Waals surface area contributed by atoms with Crippen LogP contribution in [0.15, 0.2) is 18.2 Å². The van der Waals surface area contributed by atoms with Gasteiger partial charge in [-0.2, -0.15) is 0 Å². The summed E-state index contributed by atoms with van der Waals surface area (Å²) in [6, 6.07) is 4.99. The Balaban J connectivity index is 1.72. The van der Waals surface area contributed by atoms with Crippen LogP contribution < -0.4 is 5.32 Å². The molecule has 4 heteroatoms. The molecule has 0 spiro atoms. The summed E-state index contributed by atoms with van der Waals surface area (Å²) in [6.45, 7) is 3.16. The molecule has 17 heavy (non-hydrogen) atoms. The van der Waals surface area contributed by atoms with E-state index in [0.29, 0.717) is 24.7 Å². The molecule has 1 heterocycles. The molecule has 1 aromatic carbocycles. The summed E-state index contributed by atoms with van der Waals surface area (Å²) in [5.74, 6) is 0.343. The van der Waals surface area contributed by atoms with E-state index in [1.165, 1.54) is 6.42 Å². The summed E-state index contributed by atoms with van der Waals surface area (Å²) in [5, 5.41) is 3.47. The van der Waals surface area contributed by atoms with Crippen molar-refractivity contribution in [2.75, 3.05) is 19.7 Å². The molecule has 0 aromatic heterocycles. The van der Waals surface area contributed by atoms with Gasteiger partial charge < -0.3 is 10.1 Å². The largest absolute Gasteiger partial charge is 0.377 e. The lowest BCUT2D eigenvalue weighted by Crippen LogP contribution is -2.11. The minimum atomic E-state index is -0.364. The van der Waals surface area contributed by atoms with E-state index in [2.05, 4.69) is 5.32 Å². The first-order valence-corrected chi connectivity index (χ1v) is 6.36. The number of nitrogens with one attached hydrogen (secondary N) is 1. The summed E-state index contributed by atoms with van der Waals surface area (Å²) in [5.41, 5.74) is 0.530. The lowest BCUT2D eigenvalue weighted by atomic mass is 10.1. The summed E-state index contributed by atoms with van der Waals surface area (Å²) in [6.07, 6.45) is 2.25. The fourth-order valence-corrected chi connectivity index (χ4v) is 2.25. The third-order valence-corrected chi connectivity index (χ3v) is 3.41. The normalized spacial score (nSPS) is 19.8. The molecular weight excluding hydrogens is 241 g/mol. The molecule has 0 amide bonds. The zero-order chi connectivity index (χ0) is 12.1. The number of rotatable bonds is 5. The fourth-order valence-electron chi connectivity index (χ4n) is 2.05. The highest BCUT2D eigenvalue weighted by molar-refractivity contribution is 6.30. The van der Waals surface area contributed by atoms with Crippen molar-refractivity contribution < 1.29 is 9.13 Å². The highest BCUT2D eigenvalue weighted by Crippen LogP contribution is 2.19. The molecule has 2 rings (SSSR count). The average molecular weight is 258 g/mol. The first-order valence-electron chi connectivity index (χ1n) is 5.98. The molecule has 1 aliphatic rings. The lowest BCUT2D eigenvalue weighted by Gasteiger charge is -2.09. The Morgan fingerprint density at radius 3 is 3.12 bits per heavy atom. The number of hydrogen-bond acceptors (Lipinski definition) is 2. The number of halogens is 2. The van der Waals surface area contributed by atoms with Crippen molar-refractivity contribution in [2.45, 2.75) is 19.4 Å². The maximum atomic E-state index is 13.5. The maximum Gasteiger partial charge on any atom is 0.147 e. The standard InChI is InChI=1S/C13H17ClFNO/c14-12-3-1-2-11(13(12)15)9-17-7-5-10-4-6-16-8-10/h1-3,10,16H,4-9H2. The average Bonchev–Trinajstić information content (AvgIpc) is 2.83. The smallest absolute Gasteiger partial charge is 0.147 e. The van der Waals surface area contributed by atoms with E-state index >= 15 is 0 Å². The predicted molar refractivity (Wildman–Crippen MR) is 66.7 cm³/mol. The SMILES string of the molecule is Fc1c(Cl)cccc1COCCC1CCNC1. The van der Waals surface area contributed by atoms with Gasteiger partial charge in [0, 0.05) is 12.2 Å². The predicted octanol–water partition coefficient (Wildman–Crippen LogP) is 3.00. The second kappa shape index (κ2) is 6.34. The fraction of sp³-hybridized carbons (Fsp3) is 0.538. The van der Waals surface area contributed by atoms with Gasteiger partial charge in [0.15, 0.2) is 0 Å². The first-order chi connectivity index (χ1) is 8.27. The van der Waals surface area contributed by atoms with Gasteiger partial charge in [-0.25, -0.2) is 4.39 Å². The second-order valence-electron chi connectivity index (χ2n) is 4.41. The minimum absolute atomic E-state index is 0.158. The molecule has 0 saturated carbocycles. The van der Waals surface area contributed by atoms with E-state index in [9.17, 15) is 4.39 Å². The van der Waals surface area contributed by atoms with Gasteiger partial charge in [0.1, 0.15) is 5.82 Å². The monoisotopic (exact) mass is 257 g/mol. The zero-order valence-corrected chi connectivity index (χ0v) is 10.5. The zero-order valence-electron chi connectivity index (χ0n) is 9.72. The van der Waals surface area contributed by atoms with Gasteiger partial charge in [-0.1, -0.05) is 23.7 Å². The highest BCUT2D eigenvalue weighted by Gasteiger charge is 2.14. The molecule has 94 valence electrons. The van der Waals surface area contributed by atoms with Gasteiger partial charge in [-0.05, 0) is 37.9 Å². The van der Waals surface area contributed by atoms with Crippen molar-refractivity contribution in [1.82, 2.24) is 5.32 Å². The van der Waals surface area contributed by atoms with Crippen LogP contribution in [0.25, 0.3) is 0 Å². The van der Waals surface area contributed by atoms with Crippen LogP contribution in [-0.2, 0) is 11.3 Å². The molecule has 1 N–H and O–H groups in total. The van der Waals surface area contributed by atoms with Gasteiger partial charge in [0.05, 0.1) is 11.6 Å². The van der Waals surface area contributed by atoms with Crippen molar-refractivity contribution in [3.8, 4) is 0 Å². The second-order valence-corrected chi connectivity index (χ2v) is 4.82. The summed E-state index contributed by atoms with van der Waals surface area (Å²) < 4.78 is 19.0. The number of benzene rings is 1.